The first-order valence-corrected chi connectivity index (χ1v) is 6.68. The Balaban J connectivity index is 1.99. The van der Waals surface area contributed by atoms with Gasteiger partial charge in [-0.1, -0.05) is 40.2 Å². The molecule has 0 aliphatic heterocycles. The van der Waals surface area contributed by atoms with Crippen LogP contribution in [-0.4, -0.2) is 7.05 Å². The third kappa shape index (κ3) is 3.86. The molecular formula is C15H16BrNO. The van der Waals surface area contributed by atoms with E-state index < -0.39 is 0 Å². The minimum atomic E-state index is 0.586. The molecule has 2 aromatic carbocycles. The van der Waals surface area contributed by atoms with Crippen molar-refractivity contribution in [2.45, 2.75) is 13.2 Å². The number of rotatable bonds is 5. The molecule has 2 nitrogen and oxygen atoms in total. The van der Waals surface area contributed by atoms with Gasteiger partial charge in [0.25, 0.3) is 0 Å². The summed E-state index contributed by atoms with van der Waals surface area (Å²) in [6.07, 6.45) is 0. The minimum absolute atomic E-state index is 0.586. The summed E-state index contributed by atoms with van der Waals surface area (Å²) in [5.41, 5.74) is 2.38. The summed E-state index contributed by atoms with van der Waals surface area (Å²) in [5, 5.41) is 3.13. The zero-order valence-corrected chi connectivity index (χ0v) is 11.9. The lowest BCUT2D eigenvalue weighted by molar-refractivity contribution is 0.306. The van der Waals surface area contributed by atoms with Crippen molar-refractivity contribution in [2.75, 3.05) is 7.05 Å². The van der Waals surface area contributed by atoms with Gasteiger partial charge in [0.05, 0.1) is 0 Å². The van der Waals surface area contributed by atoms with Crippen LogP contribution in [0.25, 0.3) is 0 Å². The number of benzene rings is 2. The van der Waals surface area contributed by atoms with E-state index in [0.717, 1.165) is 22.3 Å². The van der Waals surface area contributed by atoms with Gasteiger partial charge in [-0.2, -0.15) is 0 Å². The van der Waals surface area contributed by atoms with Gasteiger partial charge < -0.3 is 10.1 Å². The predicted molar refractivity (Wildman–Crippen MR) is 77.7 cm³/mol. The smallest absolute Gasteiger partial charge is 0.120 e. The van der Waals surface area contributed by atoms with Crippen molar-refractivity contribution in [2.24, 2.45) is 0 Å². The lowest BCUT2D eigenvalue weighted by Gasteiger charge is -2.08. The van der Waals surface area contributed by atoms with Gasteiger partial charge in [0.15, 0.2) is 0 Å². The fraction of sp³-hybridized carbons (Fsp3) is 0.200. The van der Waals surface area contributed by atoms with Gasteiger partial charge in [-0.05, 0) is 42.4 Å². The standard InChI is InChI=1S/C15H16BrNO/c1-17-10-12-4-3-7-15(9-12)18-11-13-5-2-6-14(16)8-13/h2-9,17H,10-11H2,1H3. The van der Waals surface area contributed by atoms with E-state index in [2.05, 4.69) is 45.5 Å². The molecule has 0 aliphatic carbocycles. The number of hydrogen-bond acceptors (Lipinski definition) is 2. The average Bonchev–Trinajstić information content (AvgIpc) is 2.37. The summed E-state index contributed by atoms with van der Waals surface area (Å²) in [4.78, 5) is 0. The number of halogens is 1. The van der Waals surface area contributed by atoms with E-state index in [1.165, 1.54) is 5.56 Å². The van der Waals surface area contributed by atoms with Crippen LogP contribution in [0.3, 0.4) is 0 Å². The highest BCUT2D eigenvalue weighted by molar-refractivity contribution is 9.10. The van der Waals surface area contributed by atoms with E-state index in [1.807, 2.05) is 31.3 Å². The summed E-state index contributed by atoms with van der Waals surface area (Å²) in [6, 6.07) is 16.3. The Morgan fingerprint density at radius 2 is 1.83 bits per heavy atom. The molecule has 2 aromatic rings. The largest absolute Gasteiger partial charge is 0.489 e. The molecule has 0 fully saturated rings. The zero-order valence-electron chi connectivity index (χ0n) is 10.3. The van der Waals surface area contributed by atoms with Gasteiger partial charge in [0, 0.05) is 11.0 Å². The topological polar surface area (TPSA) is 21.3 Å². The van der Waals surface area contributed by atoms with Crippen molar-refractivity contribution in [1.29, 1.82) is 0 Å². The molecular weight excluding hydrogens is 290 g/mol. The maximum Gasteiger partial charge on any atom is 0.120 e. The predicted octanol–water partition coefficient (Wildman–Crippen LogP) is 3.75. The fourth-order valence-electron chi connectivity index (χ4n) is 1.74. The van der Waals surface area contributed by atoms with Crippen molar-refractivity contribution < 1.29 is 4.74 Å². The molecule has 18 heavy (non-hydrogen) atoms. The quantitative estimate of drug-likeness (QED) is 0.908. The second-order valence-corrected chi connectivity index (χ2v) is 5.01. The highest BCUT2D eigenvalue weighted by Crippen LogP contribution is 2.17. The summed E-state index contributed by atoms with van der Waals surface area (Å²) in [6.45, 7) is 1.44. The maximum absolute atomic E-state index is 5.79. The van der Waals surface area contributed by atoms with Gasteiger partial charge in [-0.25, -0.2) is 0 Å². The second kappa shape index (κ2) is 6.57. The Bertz CT molecular complexity index is 513. The molecule has 2 rings (SSSR count). The molecule has 0 unspecified atom stereocenters. The monoisotopic (exact) mass is 305 g/mol. The van der Waals surface area contributed by atoms with Crippen LogP contribution in [0.5, 0.6) is 5.75 Å². The highest BCUT2D eigenvalue weighted by atomic mass is 79.9. The molecule has 0 aromatic heterocycles. The van der Waals surface area contributed by atoms with E-state index in [1.54, 1.807) is 0 Å². The molecule has 0 atom stereocenters. The van der Waals surface area contributed by atoms with Gasteiger partial charge in [-0.15, -0.1) is 0 Å². The number of ether oxygens (including phenoxy) is 1. The van der Waals surface area contributed by atoms with Crippen LogP contribution < -0.4 is 10.1 Å². The van der Waals surface area contributed by atoms with Gasteiger partial charge >= 0.3 is 0 Å². The van der Waals surface area contributed by atoms with Crippen LogP contribution in [0.2, 0.25) is 0 Å². The molecule has 0 heterocycles. The Morgan fingerprint density at radius 1 is 1.06 bits per heavy atom. The third-order valence-corrected chi connectivity index (χ3v) is 3.07. The third-order valence-electron chi connectivity index (χ3n) is 2.57. The molecule has 3 heteroatoms. The first-order valence-electron chi connectivity index (χ1n) is 5.89. The van der Waals surface area contributed by atoms with E-state index in [0.29, 0.717) is 6.61 Å². The Morgan fingerprint density at radius 3 is 2.61 bits per heavy atom. The van der Waals surface area contributed by atoms with Gasteiger partial charge in [0.1, 0.15) is 12.4 Å². The summed E-state index contributed by atoms with van der Waals surface area (Å²) in [5.74, 6) is 0.905. The molecule has 94 valence electrons. The van der Waals surface area contributed by atoms with Crippen LogP contribution in [0.4, 0.5) is 0 Å². The van der Waals surface area contributed by atoms with Crippen LogP contribution >= 0.6 is 15.9 Å². The van der Waals surface area contributed by atoms with E-state index >= 15 is 0 Å². The van der Waals surface area contributed by atoms with Crippen molar-refractivity contribution in [1.82, 2.24) is 5.32 Å². The van der Waals surface area contributed by atoms with Crippen molar-refractivity contribution >= 4 is 15.9 Å². The van der Waals surface area contributed by atoms with E-state index in [4.69, 9.17) is 4.74 Å². The van der Waals surface area contributed by atoms with Crippen LogP contribution in [0, 0.1) is 0 Å². The van der Waals surface area contributed by atoms with Crippen molar-refractivity contribution in [3.63, 3.8) is 0 Å². The molecule has 0 amide bonds. The van der Waals surface area contributed by atoms with Crippen LogP contribution in [-0.2, 0) is 13.2 Å². The normalized spacial score (nSPS) is 10.3. The first-order chi connectivity index (χ1) is 8.78. The SMILES string of the molecule is CNCc1cccc(OCc2cccc(Br)c2)c1. The van der Waals surface area contributed by atoms with Gasteiger partial charge in [-0.3, -0.25) is 0 Å². The highest BCUT2D eigenvalue weighted by Gasteiger charge is 1.98. The lowest BCUT2D eigenvalue weighted by atomic mass is 10.2. The summed E-state index contributed by atoms with van der Waals surface area (Å²) in [7, 11) is 1.94. The second-order valence-electron chi connectivity index (χ2n) is 4.10. The average molecular weight is 306 g/mol. The molecule has 0 bridgehead atoms. The van der Waals surface area contributed by atoms with E-state index in [9.17, 15) is 0 Å². The minimum Gasteiger partial charge on any atom is -0.489 e. The molecule has 1 N–H and O–H groups in total. The Labute approximate surface area is 116 Å². The number of nitrogens with one attached hydrogen (secondary N) is 1. The summed E-state index contributed by atoms with van der Waals surface area (Å²) >= 11 is 3.46. The number of hydrogen-bond donors (Lipinski definition) is 1. The van der Waals surface area contributed by atoms with Crippen LogP contribution in [0.1, 0.15) is 11.1 Å². The molecule has 0 spiro atoms. The fourth-order valence-corrected chi connectivity index (χ4v) is 2.19. The zero-order chi connectivity index (χ0) is 12.8. The Kier molecular flexibility index (Phi) is 4.79. The molecule has 0 saturated carbocycles. The maximum atomic E-state index is 5.79. The van der Waals surface area contributed by atoms with E-state index in [-0.39, 0.29) is 0 Å². The van der Waals surface area contributed by atoms with Crippen LogP contribution in [0.15, 0.2) is 53.0 Å². The molecule has 0 radical (unpaired) electrons. The van der Waals surface area contributed by atoms with Crippen molar-refractivity contribution in [3.8, 4) is 5.75 Å². The Hall–Kier alpha value is -1.32. The lowest BCUT2D eigenvalue weighted by Crippen LogP contribution is -2.05. The molecule has 0 saturated heterocycles. The van der Waals surface area contributed by atoms with Gasteiger partial charge in [0.2, 0.25) is 0 Å². The molecule has 0 aliphatic rings. The summed E-state index contributed by atoms with van der Waals surface area (Å²) < 4.78 is 6.86. The first kappa shape index (κ1) is 13.1. The van der Waals surface area contributed by atoms with Crippen molar-refractivity contribution in [3.05, 3.63) is 64.1 Å².